The first kappa shape index (κ1) is 26.3. The van der Waals surface area contributed by atoms with Gasteiger partial charge in [0.05, 0.1) is 0 Å². The minimum absolute atomic E-state index is 0.145. The van der Waals surface area contributed by atoms with Crippen LogP contribution in [0.25, 0.3) is 22.3 Å². The third kappa shape index (κ3) is 6.11. The number of halogens is 3. The Labute approximate surface area is 214 Å². The van der Waals surface area contributed by atoms with Crippen molar-refractivity contribution in [2.45, 2.75) is 77.0 Å². The van der Waals surface area contributed by atoms with Crippen LogP contribution in [-0.2, 0) is 6.42 Å². The average molecular weight is 491 g/mol. The number of benzene rings is 3. The molecule has 1 aliphatic carbocycles. The Morgan fingerprint density at radius 1 is 0.806 bits per heavy atom. The molecule has 0 amide bonds. The van der Waals surface area contributed by atoms with Crippen molar-refractivity contribution in [3.05, 3.63) is 95.8 Å². The van der Waals surface area contributed by atoms with Crippen LogP contribution in [0, 0.1) is 23.4 Å². The van der Waals surface area contributed by atoms with Crippen molar-refractivity contribution in [2.24, 2.45) is 5.92 Å². The molecule has 0 spiro atoms. The normalized spacial score (nSPS) is 17.8. The van der Waals surface area contributed by atoms with E-state index in [0.717, 1.165) is 48.3 Å². The number of unbranched alkanes of at least 4 members (excludes halogenated alkanes) is 2. The first-order valence-corrected chi connectivity index (χ1v) is 13.5. The maximum absolute atomic E-state index is 15.1. The molecule has 0 nitrogen and oxygen atoms in total. The van der Waals surface area contributed by atoms with Gasteiger partial charge in [-0.1, -0.05) is 80.8 Å². The predicted molar refractivity (Wildman–Crippen MR) is 145 cm³/mol. The highest BCUT2D eigenvalue weighted by Gasteiger charge is 2.24. The van der Waals surface area contributed by atoms with E-state index in [4.69, 9.17) is 0 Å². The van der Waals surface area contributed by atoms with Crippen LogP contribution in [0.3, 0.4) is 0 Å². The lowest BCUT2D eigenvalue weighted by Gasteiger charge is -2.29. The highest BCUT2D eigenvalue weighted by atomic mass is 19.2. The van der Waals surface area contributed by atoms with Gasteiger partial charge in [-0.3, -0.25) is 0 Å². The van der Waals surface area contributed by atoms with E-state index in [0.29, 0.717) is 23.5 Å². The van der Waals surface area contributed by atoms with Gasteiger partial charge in [0.15, 0.2) is 11.6 Å². The first-order valence-electron chi connectivity index (χ1n) is 13.5. The Kier molecular flexibility index (Phi) is 9.07. The summed E-state index contributed by atoms with van der Waals surface area (Å²) in [5.41, 5.74) is 3.71. The molecule has 3 aromatic carbocycles. The predicted octanol–water partition coefficient (Wildman–Crippen LogP) is 10.4. The van der Waals surface area contributed by atoms with Crippen molar-refractivity contribution in [2.75, 3.05) is 0 Å². The number of rotatable bonds is 10. The van der Waals surface area contributed by atoms with Crippen LogP contribution in [0.15, 0.2) is 67.3 Å². The van der Waals surface area contributed by atoms with Crippen molar-refractivity contribution in [1.82, 2.24) is 0 Å². The van der Waals surface area contributed by atoms with Gasteiger partial charge >= 0.3 is 0 Å². The summed E-state index contributed by atoms with van der Waals surface area (Å²) in [6, 6.07) is 16.1. The molecule has 0 aromatic heterocycles. The Bertz CT molecular complexity index is 1150. The van der Waals surface area contributed by atoms with Gasteiger partial charge in [-0.2, -0.15) is 0 Å². The van der Waals surface area contributed by atoms with Crippen molar-refractivity contribution in [3.8, 4) is 22.3 Å². The maximum atomic E-state index is 15.1. The Morgan fingerprint density at radius 3 is 2.17 bits per heavy atom. The van der Waals surface area contributed by atoms with Crippen LogP contribution in [0.1, 0.15) is 81.8 Å². The smallest absolute Gasteiger partial charge is 0.166 e. The van der Waals surface area contributed by atoms with Crippen LogP contribution in [-0.4, -0.2) is 0 Å². The van der Waals surface area contributed by atoms with Crippen LogP contribution < -0.4 is 0 Å². The fraction of sp³-hybridized carbons (Fsp3) is 0.394. The van der Waals surface area contributed by atoms with E-state index >= 15 is 4.39 Å². The molecule has 190 valence electrons. The molecule has 0 unspecified atom stereocenters. The second-order valence-electron chi connectivity index (χ2n) is 10.3. The molecule has 0 radical (unpaired) electrons. The summed E-state index contributed by atoms with van der Waals surface area (Å²) in [4.78, 5) is 0. The molecular weight excluding hydrogens is 453 g/mol. The third-order valence-electron chi connectivity index (χ3n) is 7.80. The highest BCUT2D eigenvalue weighted by molar-refractivity contribution is 5.71. The molecule has 4 rings (SSSR count). The van der Waals surface area contributed by atoms with E-state index in [2.05, 4.69) is 13.5 Å². The van der Waals surface area contributed by atoms with Gasteiger partial charge in [-0.05, 0) is 90.7 Å². The molecule has 1 saturated carbocycles. The zero-order valence-corrected chi connectivity index (χ0v) is 21.3. The summed E-state index contributed by atoms with van der Waals surface area (Å²) in [6.45, 7) is 5.90. The van der Waals surface area contributed by atoms with E-state index in [1.54, 1.807) is 36.4 Å². The molecule has 0 heterocycles. The summed E-state index contributed by atoms with van der Waals surface area (Å²) in [7, 11) is 0. The Balaban J connectivity index is 1.45. The highest BCUT2D eigenvalue weighted by Crippen LogP contribution is 2.39. The lowest BCUT2D eigenvalue weighted by Crippen LogP contribution is -2.14. The van der Waals surface area contributed by atoms with Crippen molar-refractivity contribution < 1.29 is 13.2 Å². The van der Waals surface area contributed by atoms with Crippen LogP contribution in [0.2, 0.25) is 0 Å². The second-order valence-corrected chi connectivity index (χ2v) is 10.3. The second kappa shape index (κ2) is 12.4. The molecule has 0 atom stereocenters. The summed E-state index contributed by atoms with van der Waals surface area (Å²) < 4.78 is 44.5. The van der Waals surface area contributed by atoms with Gasteiger partial charge in [-0.15, -0.1) is 6.58 Å². The molecule has 1 aliphatic rings. The number of hydrogen-bond donors (Lipinski definition) is 0. The first-order chi connectivity index (χ1) is 17.5. The van der Waals surface area contributed by atoms with Crippen molar-refractivity contribution in [3.63, 3.8) is 0 Å². The zero-order valence-electron chi connectivity index (χ0n) is 21.3. The van der Waals surface area contributed by atoms with Crippen molar-refractivity contribution >= 4 is 0 Å². The lowest BCUT2D eigenvalue weighted by molar-refractivity contribution is 0.301. The number of hydrogen-bond acceptors (Lipinski definition) is 0. The molecule has 36 heavy (non-hydrogen) atoms. The largest absolute Gasteiger partial charge is 0.207 e. The van der Waals surface area contributed by atoms with Crippen LogP contribution in [0.5, 0.6) is 0 Å². The van der Waals surface area contributed by atoms with E-state index in [9.17, 15) is 8.78 Å². The molecule has 0 aliphatic heterocycles. The van der Waals surface area contributed by atoms with Gasteiger partial charge in [0.25, 0.3) is 0 Å². The van der Waals surface area contributed by atoms with Crippen LogP contribution in [0.4, 0.5) is 13.2 Å². The number of aryl methyl sites for hydroxylation is 1. The lowest BCUT2D eigenvalue weighted by atomic mass is 9.77. The van der Waals surface area contributed by atoms with E-state index in [-0.39, 0.29) is 11.4 Å². The summed E-state index contributed by atoms with van der Waals surface area (Å²) in [6.07, 6.45) is 12.1. The molecule has 0 N–H and O–H groups in total. The SMILES string of the molecule is C=CCCCc1ccc(-c2ccc(-c3ccc(C4CCC(CCCC)CC4)c(F)c3)cc2)c(F)c1F. The Morgan fingerprint density at radius 2 is 1.50 bits per heavy atom. The van der Waals surface area contributed by atoms with Gasteiger partial charge in [0.1, 0.15) is 5.82 Å². The Hall–Kier alpha value is -2.81. The molecule has 3 aromatic rings. The van der Waals surface area contributed by atoms with Gasteiger partial charge in [0.2, 0.25) is 0 Å². The minimum Gasteiger partial charge on any atom is -0.207 e. The molecule has 3 heteroatoms. The summed E-state index contributed by atoms with van der Waals surface area (Å²) in [5.74, 6) is -0.643. The number of allylic oxidation sites excluding steroid dienone is 1. The minimum atomic E-state index is -0.821. The van der Waals surface area contributed by atoms with E-state index in [1.807, 2.05) is 24.3 Å². The van der Waals surface area contributed by atoms with Crippen molar-refractivity contribution in [1.29, 1.82) is 0 Å². The average Bonchev–Trinajstić information content (AvgIpc) is 2.90. The fourth-order valence-electron chi connectivity index (χ4n) is 5.58. The molecule has 0 saturated heterocycles. The summed E-state index contributed by atoms with van der Waals surface area (Å²) in [5, 5.41) is 0. The van der Waals surface area contributed by atoms with Gasteiger partial charge in [-0.25, -0.2) is 13.2 Å². The molecular formula is C33H37F3. The van der Waals surface area contributed by atoms with Gasteiger partial charge in [0, 0.05) is 5.56 Å². The maximum Gasteiger partial charge on any atom is 0.166 e. The fourth-order valence-corrected chi connectivity index (χ4v) is 5.58. The monoisotopic (exact) mass is 490 g/mol. The van der Waals surface area contributed by atoms with E-state index < -0.39 is 11.6 Å². The molecule has 0 bridgehead atoms. The van der Waals surface area contributed by atoms with Gasteiger partial charge < -0.3 is 0 Å². The van der Waals surface area contributed by atoms with Crippen LogP contribution >= 0.6 is 0 Å². The quantitative estimate of drug-likeness (QED) is 0.196. The third-order valence-corrected chi connectivity index (χ3v) is 7.80. The zero-order chi connectivity index (χ0) is 25.5. The molecule has 1 fully saturated rings. The van der Waals surface area contributed by atoms with E-state index in [1.165, 1.54) is 32.1 Å². The summed E-state index contributed by atoms with van der Waals surface area (Å²) >= 11 is 0. The topological polar surface area (TPSA) is 0 Å². The standard InChI is InChI=1S/C33H37F3/c1-3-5-7-9-27-18-21-30(33(36)32(27)35)26-16-14-24(15-17-26)28-19-20-29(31(34)22-28)25-12-10-23(11-13-25)8-6-4-2/h3,14-23,25H,1,4-13H2,2H3.